The summed E-state index contributed by atoms with van der Waals surface area (Å²) in [4.78, 5) is 27.5. The van der Waals surface area contributed by atoms with E-state index < -0.39 is 23.4 Å². The van der Waals surface area contributed by atoms with Crippen LogP contribution in [0.3, 0.4) is 0 Å². The molecule has 1 heterocycles. The Labute approximate surface area is 78.9 Å². The average Bonchev–Trinajstić information content (AvgIpc) is 2.56. The molecule has 0 aliphatic rings. The maximum Gasteiger partial charge on any atom is 0.332 e. The summed E-state index contributed by atoms with van der Waals surface area (Å²) in [6.07, 6.45) is 2.76. The second kappa shape index (κ2) is 3.73. The van der Waals surface area contributed by atoms with Crippen LogP contribution in [0, 0.1) is 0 Å². The maximum atomic E-state index is 10.8. The van der Waals surface area contributed by atoms with Crippen molar-refractivity contribution in [3.8, 4) is 0 Å². The van der Waals surface area contributed by atoms with Crippen LogP contribution in [0.15, 0.2) is 24.5 Å². The van der Waals surface area contributed by atoms with Gasteiger partial charge in [-0.3, -0.25) is 4.79 Å². The molecule has 1 atom stereocenters. The summed E-state index contributed by atoms with van der Waals surface area (Å²) in [5.41, 5.74) is -0.424. The van der Waals surface area contributed by atoms with Gasteiger partial charge in [0.15, 0.2) is 0 Å². The fourth-order valence-electron chi connectivity index (χ4n) is 0.990. The molecule has 0 radical (unpaired) electrons. The number of nitrogens with one attached hydrogen (secondary N) is 1. The largest absolute Gasteiger partial charge is 0.480 e. The Kier molecular flexibility index (Phi) is 2.66. The van der Waals surface area contributed by atoms with Crippen LogP contribution in [0.25, 0.3) is 0 Å². The fraction of sp³-hybridized carbons (Fsp3) is 0.125. The third-order valence-electron chi connectivity index (χ3n) is 1.66. The zero-order valence-corrected chi connectivity index (χ0v) is 7.10. The molecule has 0 aliphatic heterocycles. The summed E-state index contributed by atoms with van der Waals surface area (Å²) in [5, 5.41) is 17.4. The van der Waals surface area contributed by atoms with Gasteiger partial charge in [0, 0.05) is 12.4 Å². The van der Waals surface area contributed by atoms with Crippen molar-refractivity contribution in [2.75, 3.05) is 0 Å². The molecule has 3 N–H and O–H groups in total. The highest BCUT2D eigenvalue weighted by molar-refractivity contribution is 5.95. The lowest BCUT2D eigenvalue weighted by Gasteiger charge is -2.08. The molecule has 0 aliphatic carbocycles. The van der Waals surface area contributed by atoms with E-state index in [1.807, 2.05) is 0 Å². The van der Waals surface area contributed by atoms with E-state index in [2.05, 4.69) is 16.5 Å². The van der Waals surface area contributed by atoms with E-state index in [1.165, 1.54) is 12.4 Å². The molecule has 6 nitrogen and oxygen atoms in total. The van der Waals surface area contributed by atoms with E-state index in [-0.39, 0.29) is 5.82 Å². The summed E-state index contributed by atoms with van der Waals surface area (Å²) >= 11 is 0. The number of aromatic nitrogens is 2. The summed E-state index contributed by atoms with van der Waals surface area (Å²) in [5.74, 6) is -3.92. The van der Waals surface area contributed by atoms with Crippen molar-refractivity contribution in [1.29, 1.82) is 0 Å². The highest BCUT2D eigenvalue weighted by Crippen LogP contribution is 2.20. The highest BCUT2D eigenvalue weighted by atomic mass is 16.4. The normalized spacial score (nSPS) is 12.0. The predicted octanol–water partition coefficient (Wildman–Crippen LogP) is 0.219. The first-order valence-corrected chi connectivity index (χ1v) is 3.68. The van der Waals surface area contributed by atoms with Gasteiger partial charge in [-0.2, -0.15) is 0 Å². The number of carbonyl (C=O) groups is 2. The molecule has 1 rings (SSSR count). The lowest BCUT2D eigenvalue weighted by atomic mass is 10.0. The van der Waals surface area contributed by atoms with E-state index in [0.29, 0.717) is 0 Å². The third kappa shape index (κ3) is 1.79. The Morgan fingerprint density at radius 3 is 2.50 bits per heavy atom. The van der Waals surface area contributed by atoms with E-state index in [9.17, 15) is 9.59 Å². The lowest BCUT2D eigenvalue weighted by Crippen LogP contribution is -2.19. The number of carboxylic acids is 2. The van der Waals surface area contributed by atoms with Crippen LogP contribution in [0.4, 0.5) is 0 Å². The van der Waals surface area contributed by atoms with E-state index in [1.54, 1.807) is 0 Å². The molecule has 0 fully saturated rings. The Bertz CT molecular complexity index is 369. The topological polar surface area (TPSA) is 103 Å². The molecular formula is C8H8N2O4. The number of nitrogens with zero attached hydrogens (tertiary/aromatic N) is 1. The minimum absolute atomic E-state index is 0.0601. The second-order valence-electron chi connectivity index (χ2n) is 2.58. The lowest BCUT2D eigenvalue weighted by molar-refractivity contribution is -0.141. The molecule has 0 saturated heterocycles. The summed E-state index contributed by atoms with van der Waals surface area (Å²) < 4.78 is 0. The molecule has 74 valence electrons. The molecule has 14 heavy (non-hydrogen) atoms. The first-order chi connectivity index (χ1) is 6.54. The molecular weight excluding hydrogens is 188 g/mol. The molecule has 0 aromatic carbocycles. The fourth-order valence-corrected chi connectivity index (χ4v) is 0.990. The van der Waals surface area contributed by atoms with Crippen molar-refractivity contribution < 1.29 is 19.8 Å². The zero-order chi connectivity index (χ0) is 10.7. The van der Waals surface area contributed by atoms with Gasteiger partial charge < -0.3 is 15.2 Å². The van der Waals surface area contributed by atoms with Crippen molar-refractivity contribution in [3.63, 3.8) is 0 Å². The van der Waals surface area contributed by atoms with Crippen LogP contribution in [0.5, 0.6) is 0 Å². The Morgan fingerprint density at radius 1 is 1.50 bits per heavy atom. The smallest absolute Gasteiger partial charge is 0.332 e. The number of aromatic amines is 1. The first kappa shape index (κ1) is 9.97. The zero-order valence-electron chi connectivity index (χ0n) is 7.10. The SMILES string of the molecule is C=C(C(=O)O)C(C(=O)O)c1ncc[nH]1. The molecule has 1 unspecified atom stereocenters. The number of hydrogen-bond donors (Lipinski definition) is 3. The summed E-state index contributed by atoms with van der Waals surface area (Å²) in [6.45, 7) is 3.19. The van der Waals surface area contributed by atoms with Crippen molar-refractivity contribution in [1.82, 2.24) is 9.97 Å². The summed E-state index contributed by atoms with van der Waals surface area (Å²) in [6, 6.07) is 0. The van der Waals surface area contributed by atoms with Gasteiger partial charge in [0.05, 0.1) is 5.57 Å². The van der Waals surface area contributed by atoms with Crippen LogP contribution in [-0.4, -0.2) is 32.1 Å². The van der Waals surface area contributed by atoms with Crippen molar-refractivity contribution in [2.24, 2.45) is 0 Å². The third-order valence-corrected chi connectivity index (χ3v) is 1.66. The van der Waals surface area contributed by atoms with Crippen molar-refractivity contribution in [2.45, 2.75) is 5.92 Å². The second-order valence-corrected chi connectivity index (χ2v) is 2.58. The van der Waals surface area contributed by atoms with Crippen molar-refractivity contribution >= 4 is 11.9 Å². The monoisotopic (exact) mass is 196 g/mol. The van der Waals surface area contributed by atoms with E-state index >= 15 is 0 Å². The molecule has 1 aromatic rings. The van der Waals surface area contributed by atoms with Gasteiger partial charge >= 0.3 is 11.9 Å². The van der Waals surface area contributed by atoms with Crippen LogP contribution in [0.2, 0.25) is 0 Å². The van der Waals surface area contributed by atoms with Crippen LogP contribution in [-0.2, 0) is 9.59 Å². The number of carboxylic acid groups (broad SMARTS) is 2. The van der Waals surface area contributed by atoms with Crippen molar-refractivity contribution in [3.05, 3.63) is 30.4 Å². The maximum absolute atomic E-state index is 10.8. The average molecular weight is 196 g/mol. The minimum Gasteiger partial charge on any atom is -0.480 e. The molecule has 1 aromatic heterocycles. The van der Waals surface area contributed by atoms with Crippen LogP contribution in [0.1, 0.15) is 11.7 Å². The van der Waals surface area contributed by atoms with Gasteiger partial charge in [-0.1, -0.05) is 6.58 Å². The number of imidazole rings is 1. The molecule has 0 spiro atoms. The quantitative estimate of drug-likeness (QED) is 0.597. The molecule has 0 bridgehead atoms. The number of hydrogen-bond acceptors (Lipinski definition) is 3. The Morgan fingerprint density at radius 2 is 2.14 bits per heavy atom. The molecule has 6 heteroatoms. The van der Waals surface area contributed by atoms with E-state index in [4.69, 9.17) is 10.2 Å². The van der Waals surface area contributed by atoms with Gasteiger partial charge in [0.1, 0.15) is 11.7 Å². The summed E-state index contributed by atoms with van der Waals surface area (Å²) in [7, 11) is 0. The standard InChI is InChI=1S/C8H8N2O4/c1-4(7(11)12)5(8(13)14)6-9-2-3-10-6/h2-3,5H,1H2,(H,9,10)(H,11,12)(H,13,14). The van der Waals surface area contributed by atoms with Crippen LogP contribution < -0.4 is 0 Å². The number of rotatable bonds is 4. The Hall–Kier alpha value is -2.11. The van der Waals surface area contributed by atoms with E-state index in [0.717, 1.165) is 0 Å². The number of H-pyrrole nitrogens is 1. The number of aliphatic carboxylic acids is 2. The van der Waals surface area contributed by atoms with Gasteiger partial charge in [-0.25, -0.2) is 9.78 Å². The van der Waals surface area contributed by atoms with Gasteiger partial charge in [0.25, 0.3) is 0 Å². The Balaban J connectivity index is 3.03. The van der Waals surface area contributed by atoms with Gasteiger partial charge in [0.2, 0.25) is 0 Å². The minimum atomic E-state index is -1.35. The van der Waals surface area contributed by atoms with Crippen LogP contribution >= 0.6 is 0 Å². The van der Waals surface area contributed by atoms with Gasteiger partial charge in [-0.15, -0.1) is 0 Å². The highest BCUT2D eigenvalue weighted by Gasteiger charge is 2.29. The molecule has 0 saturated carbocycles. The first-order valence-electron chi connectivity index (χ1n) is 3.68. The molecule has 0 amide bonds. The predicted molar refractivity (Wildman–Crippen MR) is 45.7 cm³/mol. The van der Waals surface area contributed by atoms with Gasteiger partial charge in [-0.05, 0) is 0 Å².